The highest BCUT2D eigenvalue weighted by Gasteiger charge is 2.12. The van der Waals surface area contributed by atoms with Gasteiger partial charge in [0.05, 0.1) is 17.7 Å². The predicted octanol–water partition coefficient (Wildman–Crippen LogP) is 4.10. The molecule has 0 spiro atoms. The van der Waals surface area contributed by atoms with Gasteiger partial charge in [0.2, 0.25) is 0 Å². The normalized spacial score (nSPS) is 10.2. The molecule has 4 nitrogen and oxygen atoms in total. The van der Waals surface area contributed by atoms with E-state index in [-0.39, 0.29) is 10.8 Å². The van der Waals surface area contributed by atoms with E-state index in [2.05, 4.69) is 5.32 Å². The Morgan fingerprint density at radius 1 is 1.24 bits per heavy atom. The number of carbonyl (C=O) groups excluding carboxylic acids is 1. The number of phenolic OH excluding ortho intramolecular Hbond substituents is 1. The summed E-state index contributed by atoms with van der Waals surface area (Å²) in [6, 6.07) is 9.83. The van der Waals surface area contributed by atoms with Crippen LogP contribution in [0.4, 0.5) is 5.69 Å². The van der Waals surface area contributed by atoms with E-state index in [0.29, 0.717) is 22.8 Å². The van der Waals surface area contributed by atoms with Gasteiger partial charge in [0.15, 0.2) is 0 Å². The zero-order valence-corrected chi connectivity index (χ0v) is 12.7. The molecule has 0 heterocycles. The van der Waals surface area contributed by atoms with Gasteiger partial charge in [-0.1, -0.05) is 29.3 Å². The fourth-order valence-corrected chi connectivity index (χ4v) is 2.18. The molecule has 0 aromatic heterocycles. The monoisotopic (exact) mass is 325 g/mol. The number of carbonyl (C=O) groups is 1. The maximum absolute atomic E-state index is 11.7. The van der Waals surface area contributed by atoms with Crippen molar-refractivity contribution in [1.82, 2.24) is 0 Å². The van der Waals surface area contributed by atoms with Crippen molar-refractivity contribution >= 4 is 34.9 Å². The fraction of sp³-hybridized carbons (Fsp3) is 0.133. The van der Waals surface area contributed by atoms with Crippen LogP contribution in [-0.4, -0.2) is 18.2 Å². The third kappa shape index (κ3) is 3.80. The van der Waals surface area contributed by atoms with Crippen molar-refractivity contribution in [1.29, 1.82) is 0 Å². The lowest BCUT2D eigenvalue weighted by atomic mass is 10.1. The number of benzene rings is 2. The Hall–Kier alpha value is -1.91. The van der Waals surface area contributed by atoms with Gasteiger partial charge in [0.1, 0.15) is 5.75 Å². The summed E-state index contributed by atoms with van der Waals surface area (Å²) >= 11 is 11.7. The van der Waals surface area contributed by atoms with Crippen molar-refractivity contribution in [2.45, 2.75) is 6.54 Å². The van der Waals surface area contributed by atoms with Crippen LogP contribution in [0.2, 0.25) is 10.0 Å². The van der Waals surface area contributed by atoms with E-state index in [1.54, 1.807) is 30.3 Å². The van der Waals surface area contributed by atoms with E-state index in [1.165, 1.54) is 13.2 Å². The first-order valence-electron chi connectivity index (χ1n) is 6.10. The number of nitrogens with one attached hydrogen (secondary N) is 1. The zero-order chi connectivity index (χ0) is 15.4. The SMILES string of the molecule is COC(=O)c1cc(Cl)ccc1NCc1ccc(O)c(Cl)c1. The molecular weight excluding hydrogens is 313 g/mol. The molecule has 0 amide bonds. The summed E-state index contributed by atoms with van der Waals surface area (Å²) in [6.45, 7) is 0.436. The molecule has 0 unspecified atom stereocenters. The Kier molecular flexibility index (Phi) is 4.94. The summed E-state index contributed by atoms with van der Waals surface area (Å²) in [7, 11) is 1.31. The Labute approximate surface area is 132 Å². The van der Waals surface area contributed by atoms with Crippen molar-refractivity contribution in [2.75, 3.05) is 12.4 Å². The van der Waals surface area contributed by atoms with Crippen molar-refractivity contribution in [2.24, 2.45) is 0 Å². The van der Waals surface area contributed by atoms with Gasteiger partial charge in [-0.3, -0.25) is 0 Å². The average molecular weight is 326 g/mol. The van der Waals surface area contributed by atoms with Gasteiger partial charge in [-0.2, -0.15) is 0 Å². The van der Waals surface area contributed by atoms with Crippen molar-refractivity contribution in [3.63, 3.8) is 0 Å². The summed E-state index contributed by atoms with van der Waals surface area (Å²) in [5.41, 5.74) is 1.83. The molecule has 0 saturated heterocycles. The van der Waals surface area contributed by atoms with Crippen molar-refractivity contribution in [3.8, 4) is 5.75 Å². The number of hydrogen-bond donors (Lipinski definition) is 2. The Morgan fingerprint density at radius 2 is 2.00 bits per heavy atom. The number of hydrogen-bond acceptors (Lipinski definition) is 4. The summed E-state index contributed by atoms with van der Waals surface area (Å²) in [4.78, 5) is 11.7. The molecule has 110 valence electrons. The molecule has 0 aliphatic carbocycles. The van der Waals surface area contributed by atoms with E-state index in [4.69, 9.17) is 27.9 Å². The molecule has 0 bridgehead atoms. The van der Waals surface area contributed by atoms with Crippen LogP contribution in [0.5, 0.6) is 5.75 Å². The molecule has 0 aliphatic rings. The van der Waals surface area contributed by atoms with Crippen LogP contribution in [-0.2, 0) is 11.3 Å². The molecule has 0 aliphatic heterocycles. The molecule has 0 fully saturated rings. The molecule has 6 heteroatoms. The molecular formula is C15H13Cl2NO3. The molecule has 2 N–H and O–H groups in total. The van der Waals surface area contributed by atoms with Crippen LogP contribution in [0.15, 0.2) is 36.4 Å². The molecule has 2 aromatic carbocycles. The smallest absolute Gasteiger partial charge is 0.340 e. The Balaban J connectivity index is 2.19. The fourth-order valence-electron chi connectivity index (χ4n) is 1.81. The highest BCUT2D eigenvalue weighted by Crippen LogP contribution is 2.25. The summed E-state index contributed by atoms with van der Waals surface area (Å²) in [5, 5.41) is 13.2. The van der Waals surface area contributed by atoms with Gasteiger partial charge in [-0.15, -0.1) is 0 Å². The Morgan fingerprint density at radius 3 is 2.67 bits per heavy atom. The van der Waals surface area contributed by atoms with Crippen LogP contribution in [0.25, 0.3) is 0 Å². The lowest BCUT2D eigenvalue weighted by Gasteiger charge is -2.11. The number of esters is 1. The first-order valence-corrected chi connectivity index (χ1v) is 6.86. The standard InChI is InChI=1S/C15H13Cl2NO3/c1-21-15(20)11-7-10(16)3-4-13(11)18-8-9-2-5-14(19)12(17)6-9/h2-7,18-19H,8H2,1H3. The maximum atomic E-state index is 11.7. The van der Waals surface area contributed by atoms with Gasteiger partial charge in [0.25, 0.3) is 0 Å². The van der Waals surface area contributed by atoms with Crippen LogP contribution >= 0.6 is 23.2 Å². The zero-order valence-electron chi connectivity index (χ0n) is 11.2. The summed E-state index contributed by atoms with van der Waals surface area (Å²) in [6.07, 6.45) is 0. The van der Waals surface area contributed by atoms with E-state index >= 15 is 0 Å². The number of ether oxygens (including phenoxy) is 1. The summed E-state index contributed by atoms with van der Waals surface area (Å²) < 4.78 is 4.73. The van der Waals surface area contributed by atoms with Crippen LogP contribution in [0, 0.1) is 0 Å². The van der Waals surface area contributed by atoms with Crippen LogP contribution < -0.4 is 5.32 Å². The second-order valence-electron chi connectivity index (χ2n) is 4.32. The third-order valence-electron chi connectivity index (χ3n) is 2.88. The topological polar surface area (TPSA) is 58.6 Å². The molecule has 2 rings (SSSR count). The number of methoxy groups -OCH3 is 1. The molecule has 0 radical (unpaired) electrons. The average Bonchev–Trinajstić information content (AvgIpc) is 2.48. The maximum Gasteiger partial charge on any atom is 0.340 e. The minimum atomic E-state index is -0.469. The van der Waals surface area contributed by atoms with Gasteiger partial charge >= 0.3 is 5.97 Å². The van der Waals surface area contributed by atoms with Crippen LogP contribution in [0.3, 0.4) is 0 Å². The first kappa shape index (κ1) is 15.5. The highest BCUT2D eigenvalue weighted by molar-refractivity contribution is 6.32. The van der Waals surface area contributed by atoms with Crippen molar-refractivity contribution in [3.05, 3.63) is 57.6 Å². The third-order valence-corrected chi connectivity index (χ3v) is 3.42. The number of aromatic hydroxyl groups is 1. The quantitative estimate of drug-likeness (QED) is 0.831. The van der Waals surface area contributed by atoms with E-state index in [1.807, 2.05) is 0 Å². The second-order valence-corrected chi connectivity index (χ2v) is 5.16. The van der Waals surface area contributed by atoms with Crippen LogP contribution in [0.1, 0.15) is 15.9 Å². The molecule has 2 aromatic rings. The second kappa shape index (κ2) is 6.70. The number of phenols is 1. The minimum Gasteiger partial charge on any atom is -0.506 e. The van der Waals surface area contributed by atoms with Gasteiger partial charge in [-0.25, -0.2) is 4.79 Å². The van der Waals surface area contributed by atoms with Gasteiger partial charge in [0, 0.05) is 17.3 Å². The number of halogens is 2. The first-order chi connectivity index (χ1) is 10.0. The molecule has 0 atom stereocenters. The number of anilines is 1. The van der Waals surface area contributed by atoms with E-state index < -0.39 is 5.97 Å². The number of rotatable bonds is 4. The highest BCUT2D eigenvalue weighted by atomic mass is 35.5. The van der Waals surface area contributed by atoms with E-state index in [9.17, 15) is 9.90 Å². The summed E-state index contributed by atoms with van der Waals surface area (Å²) in [5.74, 6) is -0.439. The van der Waals surface area contributed by atoms with Gasteiger partial charge < -0.3 is 15.2 Å². The van der Waals surface area contributed by atoms with E-state index in [0.717, 1.165) is 5.56 Å². The lowest BCUT2D eigenvalue weighted by Crippen LogP contribution is -2.08. The Bertz CT molecular complexity index is 674. The lowest BCUT2D eigenvalue weighted by molar-refractivity contribution is 0.0602. The molecule has 0 saturated carbocycles. The molecule has 21 heavy (non-hydrogen) atoms. The minimum absolute atomic E-state index is 0.0298. The largest absolute Gasteiger partial charge is 0.506 e. The predicted molar refractivity (Wildman–Crippen MR) is 83.2 cm³/mol. The van der Waals surface area contributed by atoms with Gasteiger partial charge in [-0.05, 0) is 35.9 Å². The van der Waals surface area contributed by atoms with Crippen molar-refractivity contribution < 1.29 is 14.6 Å².